The molecule has 24 aromatic rings. The van der Waals surface area contributed by atoms with E-state index in [0.29, 0.717) is 67.3 Å². The quantitative estimate of drug-likeness (QED) is 0.113. The molecule has 24 rings (SSSR count). The minimum absolute atomic E-state index is 0. The Labute approximate surface area is 845 Å². The highest BCUT2D eigenvalue weighted by Gasteiger charge is 2.28. The first kappa shape index (κ1) is 97.6. The monoisotopic (exact) mass is 1860 g/mol. The van der Waals surface area contributed by atoms with Gasteiger partial charge in [0.05, 0.1) is 94.7 Å². The molecule has 0 amide bonds. The zero-order valence-corrected chi connectivity index (χ0v) is 75.2. The Balaban J connectivity index is 0.000000137. The van der Waals surface area contributed by atoms with Gasteiger partial charge in [-0.2, -0.15) is 21.0 Å². The van der Waals surface area contributed by atoms with Crippen molar-refractivity contribution in [3.63, 3.8) is 0 Å². The van der Waals surface area contributed by atoms with Gasteiger partial charge < -0.3 is 18.3 Å². The average Bonchev–Trinajstić information content (AvgIpc) is 1.59. The number of nitriles is 4. The summed E-state index contributed by atoms with van der Waals surface area (Å²) in [6.45, 7) is 31.2. The van der Waals surface area contributed by atoms with E-state index < -0.39 is 0 Å². The number of hydrogen-bond acceptors (Lipinski definition) is 4. The third kappa shape index (κ3) is 17.6. The van der Waals surface area contributed by atoms with Crippen molar-refractivity contribution in [2.75, 3.05) is 0 Å². The molecule has 0 saturated heterocycles. The SMILES string of the molecule is C.C.C.C.C.[C-]#[N+]c1cccc(C#N)c1-c1c(-c2ccccc2)ccc2c1c1ccccc1n2-c1ccccc1.[C-]#[N+]c1cccc(C#N)c1-c1cccc2c1c1c(-c3ccccc3)cccc1n2-c1ccccc1.[C-]#[N+]c1cccc(C#N)c1-c1cccc2c1c1cc(-c3ccccc3)ccc1n2-c1ccccc1.[C-]#[N+]c1cccc(C#N)c1-c1cccc2c1c1ccc(-c3ccccc3)cc1n2-c1ccccc1. The lowest BCUT2D eigenvalue weighted by atomic mass is 9.87. The molecular formula is C133H96N12. The van der Waals surface area contributed by atoms with Gasteiger partial charge in [-0.15, -0.1) is 0 Å². The van der Waals surface area contributed by atoms with Gasteiger partial charge in [0.15, 0.2) is 22.7 Å². The van der Waals surface area contributed by atoms with Gasteiger partial charge in [0.2, 0.25) is 0 Å². The van der Waals surface area contributed by atoms with E-state index in [2.05, 4.69) is 268 Å². The van der Waals surface area contributed by atoms with E-state index in [1.54, 1.807) is 72.8 Å². The van der Waals surface area contributed by atoms with Gasteiger partial charge in [0, 0.05) is 110 Å². The second-order valence-electron chi connectivity index (χ2n) is 33.5. The number of rotatable bonds is 12. The van der Waals surface area contributed by atoms with Crippen molar-refractivity contribution in [3.05, 3.63) is 529 Å². The third-order valence-corrected chi connectivity index (χ3v) is 25.9. The molecule has 0 N–H and O–H groups in total. The number of fused-ring (bicyclic) bond motifs is 12. The Morgan fingerprint density at radius 2 is 0.441 bits per heavy atom. The van der Waals surface area contributed by atoms with E-state index in [4.69, 9.17) is 26.3 Å². The fraction of sp³-hybridized carbons (Fsp3) is 0.0376. The summed E-state index contributed by atoms with van der Waals surface area (Å²) < 4.78 is 9.06. The molecule has 4 aromatic heterocycles. The summed E-state index contributed by atoms with van der Waals surface area (Å²) >= 11 is 0. The molecule has 12 heteroatoms. The van der Waals surface area contributed by atoms with Gasteiger partial charge in [-0.05, 0) is 194 Å². The van der Waals surface area contributed by atoms with Crippen LogP contribution in [-0.2, 0) is 0 Å². The van der Waals surface area contributed by atoms with E-state index in [9.17, 15) is 21.0 Å². The zero-order valence-electron chi connectivity index (χ0n) is 75.2. The summed E-state index contributed by atoms with van der Waals surface area (Å²) in [5, 5.41) is 48.3. The second-order valence-corrected chi connectivity index (χ2v) is 33.5. The molecule has 0 saturated carbocycles. The van der Waals surface area contributed by atoms with Crippen LogP contribution in [0.2, 0.25) is 0 Å². The lowest BCUT2D eigenvalue weighted by molar-refractivity contribution is 1.18. The molecule has 0 aliphatic rings. The van der Waals surface area contributed by atoms with Crippen LogP contribution in [0.5, 0.6) is 0 Å². The molecule has 0 bridgehead atoms. The van der Waals surface area contributed by atoms with Crippen LogP contribution in [-0.4, -0.2) is 18.3 Å². The predicted molar refractivity (Wildman–Crippen MR) is 604 cm³/mol. The molecule has 0 spiro atoms. The molecule has 0 aliphatic heterocycles. The lowest BCUT2D eigenvalue weighted by Crippen LogP contribution is -1.95. The first-order valence-corrected chi connectivity index (χ1v) is 45.6. The fourth-order valence-electron chi connectivity index (χ4n) is 20.0. The number of nitrogens with zero attached hydrogens (tertiary/aromatic N) is 12. The molecule has 0 unspecified atom stereocenters. The van der Waals surface area contributed by atoms with Crippen LogP contribution >= 0.6 is 0 Å². The van der Waals surface area contributed by atoms with Crippen molar-refractivity contribution in [2.24, 2.45) is 0 Å². The van der Waals surface area contributed by atoms with Crippen molar-refractivity contribution in [1.29, 1.82) is 21.0 Å². The Morgan fingerprint density at radius 3 is 0.848 bits per heavy atom. The largest absolute Gasteiger partial charge is 0.309 e. The molecule has 0 radical (unpaired) electrons. The summed E-state index contributed by atoms with van der Waals surface area (Å²) in [4.78, 5) is 15.1. The van der Waals surface area contributed by atoms with Crippen LogP contribution in [0.25, 0.3) is 218 Å². The first-order valence-electron chi connectivity index (χ1n) is 45.6. The van der Waals surface area contributed by atoms with Gasteiger partial charge in [-0.3, -0.25) is 0 Å². The molecule has 145 heavy (non-hydrogen) atoms. The Morgan fingerprint density at radius 1 is 0.172 bits per heavy atom. The highest BCUT2D eigenvalue weighted by atomic mass is 15.0. The molecule has 688 valence electrons. The normalized spacial score (nSPS) is 10.4. The smallest absolute Gasteiger partial charge is 0.196 e. The summed E-state index contributed by atoms with van der Waals surface area (Å²) in [6.07, 6.45) is 0. The maximum atomic E-state index is 10.1. The molecule has 0 aliphatic carbocycles. The Hall–Kier alpha value is -20.5. The van der Waals surface area contributed by atoms with Gasteiger partial charge in [-0.1, -0.05) is 371 Å². The third-order valence-electron chi connectivity index (χ3n) is 25.9. The van der Waals surface area contributed by atoms with E-state index >= 15 is 0 Å². The van der Waals surface area contributed by atoms with Crippen molar-refractivity contribution in [3.8, 4) is 136 Å². The maximum absolute atomic E-state index is 10.1. The van der Waals surface area contributed by atoms with E-state index in [1.807, 2.05) is 182 Å². The van der Waals surface area contributed by atoms with E-state index in [-0.39, 0.29) is 37.1 Å². The van der Waals surface area contributed by atoms with Gasteiger partial charge in [-0.25, -0.2) is 19.4 Å². The minimum atomic E-state index is 0. The molecule has 12 nitrogen and oxygen atoms in total. The van der Waals surface area contributed by atoms with E-state index in [0.717, 1.165) is 177 Å². The molecule has 4 heterocycles. The first-order chi connectivity index (χ1) is 69.2. The molecule has 0 fully saturated rings. The minimum Gasteiger partial charge on any atom is -0.309 e. The number of para-hydroxylation sites is 5. The maximum Gasteiger partial charge on any atom is 0.196 e. The van der Waals surface area contributed by atoms with Crippen LogP contribution in [0.3, 0.4) is 0 Å². The highest BCUT2D eigenvalue weighted by Crippen LogP contribution is 2.52. The summed E-state index contributed by atoms with van der Waals surface area (Å²) in [5.41, 5.74) is 31.9. The molecule has 20 aromatic carbocycles. The average molecular weight is 1860 g/mol. The Bertz CT molecular complexity index is 9160. The standard InChI is InChI=1S/4C32H19N3.5CH4/c1-34-27-18-8-13-23(21-33)30(27)26-17-10-20-29-32(26)31-25(22-11-4-2-5-12-22)16-9-19-28(31)35(29)24-14-6-3-7-15-24;1-34-28-16-8-12-24(21-33)31(28)27-15-9-17-29-32(27)26-19-18-23(22-10-4-2-5-11-22)20-30(26)35(29)25-13-6-3-7-14-25;1-34-28-16-8-12-24(21-33)31(28)26-15-9-17-30-32(26)27-20-23(22-10-4-2-5-11-22)18-19-29(27)35(30)25-13-6-3-7-14-25;1-34-27-17-10-13-23(21-33)30(27)32-25(22-11-4-2-5-12-22)19-20-29-31(32)26-16-8-9-18-28(26)35(29)24-14-6-3-7-15-24;;;;;/h4*2-20H;5*1H4. The second kappa shape index (κ2) is 43.1. The van der Waals surface area contributed by atoms with Crippen LogP contribution in [0, 0.1) is 71.6 Å². The Kier molecular flexibility index (Phi) is 29.0. The van der Waals surface area contributed by atoms with Gasteiger partial charge in [0.25, 0.3) is 0 Å². The number of benzene rings is 20. The topological polar surface area (TPSA) is 132 Å². The predicted octanol–water partition coefficient (Wildman–Crippen LogP) is 37.3. The summed E-state index contributed by atoms with van der Waals surface area (Å²) in [6, 6.07) is 164. The van der Waals surface area contributed by atoms with Crippen molar-refractivity contribution < 1.29 is 0 Å². The van der Waals surface area contributed by atoms with Crippen LogP contribution < -0.4 is 0 Å². The van der Waals surface area contributed by atoms with Gasteiger partial charge in [0.1, 0.15) is 0 Å². The van der Waals surface area contributed by atoms with Gasteiger partial charge >= 0.3 is 0 Å². The van der Waals surface area contributed by atoms with E-state index in [1.165, 1.54) is 0 Å². The summed E-state index contributed by atoms with van der Waals surface area (Å²) in [5.74, 6) is 0. The molecular weight excluding hydrogens is 1770 g/mol. The summed E-state index contributed by atoms with van der Waals surface area (Å²) in [7, 11) is 0. The number of hydrogen-bond donors (Lipinski definition) is 0. The van der Waals surface area contributed by atoms with Crippen molar-refractivity contribution >= 4 is 110 Å². The zero-order chi connectivity index (χ0) is 95.1. The number of aromatic nitrogens is 4. The van der Waals surface area contributed by atoms with Crippen molar-refractivity contribution in [2.45, 2.75) is 37.1 Å². The van der Waals surface area contributed by atoms with Crippen LogP contribution in [0.15, 0.2) is 461 Å². The van der Waals surface area contributed by atoms with Crippen LogP contribution in [0.4, 0.5) is 22.7 Å². The highest BCUT2D eigenvalue weighted by molar-refractivity contribution is 6.24. The van der Waals surface area contributed by atoms with Crippen LogP contribution in [0.1, 0.15) is 59.4 Å². The van der Waals surface area contributed by atoms with Crippen molar-refractivity contribution in [1.82, 2.24) is 18.3 Å². The lowest BCUT2D eigenvalue weighted by Gasteiger charge is -2.16. The molecule has 0 atom stereocenters. The fourth-order valence-corrected chi connectivity index (χ4v) is 20.0.